The number of morpholine rings is 1. The fraction of sp³-hybridized carbons (Fsp3) is 0.500. The van der Waals surface area contributed by atoms with Gasteiger partial charge in [-0.25, -0.2) is 0 Å². The van der Waals surface area contributed by atoms with Crippen molar-refractivity contribution in [1.82, 2.24) is 4.90 Å². The zero-order valence-electron chi connectivity index (χ0n) is 11.1. The third-order valence-electron chi connectivity index (χ3n) is 3.33. The van der Waals surface area contributed by atoms with Crippen LogP contribution in [0.4, 0.5) is 0 Å². The van der Waals surface area contributed by atoms with E-state index in [1.165, 1.54) is 6.07 Å². The molecule has 2 atom stereocenters. The Morgan fingerprint density at radius 1 is 1.42 bits per heavy atom. The Morgan fingerprint density at radius 2 is 2.05 bits per heavy atom. The summed E-state index contributed by atoms with van der Waals surface area (Å²) < 4.78 is 5.41. The van der Waals surface area contributed by atoms with Crippen LogP contribution in [0.3, 0.4) is 0 Å². The van der Waals surface area contributed by atoms with Crippen LogP contribution in [0.2, 0.25) is 5.02 Å². The minimum absolute atomic E-state index is 0.0379. The molecule has 19 heavy (non-hydrogen) atoms. The smallest absolute Gasteiger partial charge is 0.227 e. The molecular formula is C14H18ClNO3. The topological polar surface area (TPSA) is 49.8 Å². The second-order valence-corrected chi connectivity index (χ2v) is 5.40. The lowest BCUT2D eigenvalue weighted by Gasteiger charge is -2.39. The van der Waals surface area contributed by atoms with Crippen LogP contribution in [0.1, 0.15) is 19.4 Å². The highest BCUT2D eigenvalue weighted by atomic mass is 35.5. The van der Waals surface area contributed by atoms with Gasteiger partial charge in [-0.3, -0.25) is 4.79 Å². The number of rotatable bonds is 2. The molecule has 2 rings (SSSR count). The molecule has 1 saturated heterocycles. The predicted molar refractivity (Wildman–Crippen MR) is 73.4 cm³/mol. The van der Waals surface area contributed by atoms with Crippen molar-refractivity contribution in [3.63, 3.8) is 0 Å². The molecule has 0 aromatic heterocycles. The molecule has 1 fully saturated rings. The molecule has 1 aliphatic rings. The minimum atomic E-state index is 0.0379. The van der Waals surface area contributed by atoms with E-state index in [0.29, 0.717) is 18.2 Å². The zero-order valence-corrected chi connectivity index (χ0v) is 11.9. The number of amides is 1. The Kier molecular flexibility index (Phi) is 4.32. The summed E-state index contributed by atoms with van der Waals surface area (Å²) in [6.07, 6.45) is 0.244. The Morgan fingerprint density at radius 3 is 2.63 bits per heavy atom. The summed E-state index contributed by atoms with van der Waals surface area (Å²) >= 11 is 6.03. The number of carbonyl (C=O) groups is 1. The highest BCUT2D eigenvalue weighted by molar-refractivity contribution is 6.31. The summed E-state index contributed by atoms with van der Waals surface area (Å²) in [6, 6.07) is 4.84. The number of phenols is 1. The van der Waals surface area contributed by atoms with Gasteiger partial charge < -0.3 is 14.7 Å². The molecule has 104 valence electrons. The number of hydrogen-bond donors (Lipinski definition) is 1. The number of hydrogen-bond acceptors (Lipinski definition) is 3. The number of halogens is 1. The highest BCUT2D eigenvalue weighted by Gasteiger charge is 2.29. The van der Waals surface area contributed by atoms with Crippen LogP contribution in [0, 0.1) is 0 Å². The van der Waals surface area contributed by atoms with Gasteiger partial charge in [-0.15, -0.1) is 0 Å². The molecular weight excluding hydrogens is 266 g/mol. The van der Waals surface area contributed by atoms with Crippen molar-refractivity contribution >= 4 is 17.5 Å². The first kappa shape index (κ1) is 14.2. The second-order valence-electron chi connectivity index (χ2n) is 4.99. The highest BCUT2D eigenvalue weighted by Crippen LogP contribution is 2.23. The summed E-state index contributed by atoms with van der Waals surface area (Å²) in [5.74, 6) is 0.144. The van der Waals surface area contributed by atoms with Gasteiger partial charge in [0.2, 0.25) is 5.91 Å². The van der Waals surface area contributed by atoms with Crippen LogP contribution in [0.5, 0.6) is 5.75 Å². The zero-order chi connectivity index (χ0) is 14.0. The summed E-state index contributed by atoms with van der Waals surface area (Å²) in [5.41, 5.74) is 0.732. The van der Waals surface area contributed by atoms with Crippen molar-refractivity contribution < 1.29 is 14.6 Å². The van der Waals surface area contributed by atoms with Gasteiger partial charge in [0, 0.05) is 5.02 Å². The molecule has 1 aromatic rings. The van der Waals surface area contributed by atoms with Crippen LogP contribution in [0.15, 0.2) is 18.2 Å². The van der Waals surface area contributed by atoms with Gasteiger partial charge in [-0.1, -0.05) is 17.7 Å². The third kappa shape index (κ3) is 3.19. The average molecular weight is 284 g/mol. The van der Waals surface area contributed by atoms with Gasteiger partial charge in [0.15, 0.2) is 0 Å². The summed E-state index contributed by atoms with van der Waals surface area (Å²) in [4.78, 5) is 14.2. The Balaban J connectivity index is 2.11. The molecule has 0 aliphatic carbocycles. The van der Waals surface area contributed by atoms with E-state index in [2.05, 4.69) is 0 Å². The summed E-state index contributed by atoms with van der Waals surface area (Å²) in [5, 5.41) is 9.73. The molecule has 1 amide bonds. The van der Waals surface area contributed by atoms with E-state index in [1.54, 1.807) is 12.1 Å². The van der Waals surface area contributed by atoms with Crippen LogP contribution in [0.25, 0.3) is 0 Å². The van der Waals surface area contributed by atoms with E-state index in [0.717, 1.165) is 5.56 Å². The summed E-state index contributed by atoms with van der Waals surface area (Å²) in [6.45, 7) is 5.09. The van der Waals surface area contributed by atoms with Gasteiger partial charge in [0.05, 0.1) is 31.7 Å². The SMILES string of the molecule is C[C@@H]1COC[C@H](C)N1C(=O)Cc1ccc(O)cc1Cl. The van der Waals surface area contributed by atoms with E-state index in [9.17, 15) is 9.90 Å². The first-order chi connectivity index (χ1) is 8.99. The van der Waals surface area contributed by atoms with Crippen LogP contribution < -0.4 is 0 Å². The second kappa shape index (κ2) is 5.80. The van der Waals surface area contributed by atoms with Crippen LogP contribution in [-0.4, -0.2) is 41.2 Å². The van der Waals surface area contributed by atoms with Crippen LogP contribution >= 0.6 is 11.6 Å². The molecule has 4 nitrogen and oxygen atoms in total. The maximum Gasteiger partial charge on any atom is 0.227 e. The minimum Gasteiger partial charge on any atom is -0.508 e. The van der Waals surface area contributed by atoms with Crippen molar-refractivity contribution in [3.05, 3.63) is 28.8 Å². The Labute approximate surface area is 117 Å². The molecule has 0 spiro atoms. The lowest BCUT2D eigenvalue weighted by atomic mass is 10.1. The summed E-state index contributed by atoms with van der Waals surface area (Å²) in [7, 11) is 0. The number of aromatic hydroxyl groups is 1. The normalized spacial score (nSPS) is 23.4. The lowest BCUT2D eigenvalue weighted by Crippen LogP contribution is -2.53. The van der Waals surface area contributed by atoms with E-state index in [4.69, 9.17) is 16.3 Å². The molecule has 1 aromatic carbocycles. The van der Waals surface area contributed by atoms with Gasteiger partial charge >= 0.3 is 0 Å². The van der Waals surface area contributed by atoms with E-state index >= 15 is 0 Å². The van der Waals surface area contributed by atoms with Gasteiger partial charge in [0.25, 0.3) is 0 Å². The molecule has 0 unspecified atom stereocenters. The van der Waals surface area contributed by atoms with Gasteiger partial charge in [0.1, 0.15) is 5.75 Å². The molecule has 0 radical (unpaired) electrons. The molecule has 0 bridgehead atoms. The molecule has 0 saturated carbocycles. The van der Waals surface area contributed by atoms with Crippen molar-refractivity contribution in [1.29, 1.82) is 0 Å². The molecule has 1 aliphatic heterocycles. The fourth-order valence-corrected chi connectivity index (χ4v) is 2.67. The first-order valence-electron chi connectivity index (χ1n) is 6.35. The monoisotopic (exact) mass is 283 g/mol. The molecule has 5 heteroatoms. The Bertz CT molecular complexity index is 468. The third-order valence-corrected chi connectivity index (χ3v) is 3.69. The van der Waals surface area contributed by atoms with Crippen molar-refractivity contribution in [2.24, 2.45) is 0 Å². The van der Waals surface area contributed by atoms with E-state index in [1.807, 2.05) is 18.7 Å². The quantitative estimate of drug-likeness (QED) is 0.905. The number of phenolic OH excluding ortho intramolecular Hbond substituents is 1. The number of nitrogens with zero attached hydrogens (tertiary/aromatic N) is 1. The fourth-order valence-electron chi connectivity index (χ4n) is 2.43. The number of benzene rings is 1. The van der Waals surface area contributed by atoms with Crippen molar-refractivity contribution in [2.45, 2.75) is 32.4 Å². The van der Waals surface area contributed by atoms with Crippen molar-refractivity contribution in [3.8, 4) is 5.75 Å². The van der Waals surface area contributed by atoms with Gasteiger partial charge in [-0.05, 0) is 31.5 Å². The lowest BCUT2D eigenvalue weighted by molar-refractivity contribution is -0.143. The molecule has 1 heterocycles. The van der Waals surface area contributed by atoms with E-state index < -0.39 is 0 Å². The van der Waals surface area contributed by atoms with E-state index in [-0.39, 0.29) is 30.2 Å². The standard InChI is InChI=1S/C14H18ClNO3/c1-9-7-19-8-10(2)16(9)14(18)5-11-3-4-12(17)6-13(11)15/h3-4,6,9-10,17H,5,7-8H2,1-2H3/t9-,10+. The number of carbonyl (C=O) groups excluding carboxylic acids is 1. The Hall–Kier alpha value is -1.26. The maximum absolute atomic E-state index is 12.4. The largest absolute Gasteiger partial charge is 0.508 e. The van der Waals surface area contributed by atoms with Crippen molar-refractivity contribution in [2.75, 3.05) is 13.2 Å². The molecule has 1 N–H and O–H groups in total. The van der Waals surface area contributed by atoms with Gasteiger partial charge in [-0.2, -0.15) is 0 Å². The predicted octanol–water partition coefficient (Wildman–Crippen LogP) is 2.22. The average Bonchev–Trinajstić information content (AvgIpc) is 2.32. The maximum atomic E-state index is 12.4. The number of ether oxygens (including phenoxy) is 1. The first-order valence-corrected chi connectivity index (χ1v) is 6.73. The van der Waals surface area contributed by atoms with Crippen LogP contribution in [-0.2, 0) is 16.0 Å².